The molecule has 3 N–H and O–H groups in total. The fourth-order valence-electron chi connectivity index (χ4n) is 3.36. The van der Waals surface area contributed by atoms with E-state index in [1.165, 1.54) is 13.2 Å². The van der Waals surface area contributed by atoms with E-state index in [1.54, 1.807) is 18.2 Å². The SMILES string of the molecule is CCNC(=NCc1ccc(C(N)=O)o1)N1CCN(Cc2ccc(OC)c(F)c2)CC1. The van der Waals surface area contributed by atoms with Gasteiger partial charge < -0.3 is 25.1 Å². The molecule has 2 heterocycles. The number of carbonyl (C=O) groups is 1. The van der Waals surface area contributed by atoms with Crippen LogP contribution < -0.4 is 15.8 Å². The van der Waals surface area contributed by atoms with Crippen LogP contribution in [0.3, 0.4) is 0 Å². The molecule has 0 saturated carbocycles. The van der Waals surface area contributed by atoms with E-state index in [0.29, 0.717) is 18.8 Å². The van der Waals surface area contributed by atoms with Crippen LogP contribution in [0.1, 0.15) is 28.8 Å². The van der Waals surface area contributed by atoms with Crippen molar-refractivity contribution in [1.82, 2.24) is 15.1 Å². The van der Waals surface area contributed by atoms with Crippen molar-refractivity contribution in [2.24, 2.45) is 10.7 Å². The van der Waals surface area contributed by atoms with Gasteiger partial charge in [-0.05, 0) is 36.8 Å². The van der Waals surface area contributed by atoms with Crippen LogP contribution in [0.15, 0.2) is 39.7 Å². The number of primary amides is 1. The molecule has 0 bridgehead atoms. The van der Waals surface area contributed by atoms with Crippen molar-refractivity contribution in [2.75, 3.05) is 39.8 Å². The summed E-state index contributed by atoms with van der Waals surface area (Å²) in [5.74, 6) is 0.838. The Morgan fingerprint density at radius 3 is 2.63 bits per heavy atom. The van der Waals surface area contributed by atoms with Crippen LogP contribution in [0.2, 0.25) is 0 Å². The minimum Gasteiger partial charge on any atom is -0.494 e. The van der Waals surface area contributed by atoms with E-state index < -0.39 is 5.91 Å². The lowest BCUT2D eigenvalue weighted by Crippen LogP contribution is -2.52. The first-order valence-electron chi connectivity index (χ1n) is 9.96. The van der Waals surface area contributed by atoms with E-state index in [1.807, 2.05) is 13.0 Å². The first-order valence-corrected chi connectivity index (χ1v) is 9.96. The number of ether oxygens (including phenoxy) is 1. The molecule has 0 aliphatic carbocycles. The third kappa shape index (κ3) is 5.50. The number of nitrogens with zero attached hydrogens (tertiary/aromatic N) is 3. The van der Waals surface area contributed by atoms with Crippen LogP contribution in [0.5, 0.6) is 5.75 Å². The molecule has 1 aliphatic rings. The van der Waals surface area contributed by atoms with Crippen LogP contribution in [-0.2, 0) is 13.1 Å². The van der Waals surface area contributed by atoms with Gasteiger partial charge in [0.05, 0.1) is 7.11 Å². The second-order valence-electron chi connectivity index (χ2n) is 7.03. The highest BCUT2D eigenvalue weighted by atomic mass is 19.1. The summed E-state index contributed by atoms with van der Waals surface area (Å²) in [6, 6.07) is 8.35. The molecule has 1 fully saturated rings. The van der Waals surface area contributed by atoms with E-state index >= 15 is 0 Å². The number of aliphatic imine (C=N–C) groups is 1. The van der Waals surface area contributed by atoms with Crippen molar-refractivity contribution in [3.8, 4) is 5.75 Å². The summed E-state index contributed by atoms with van der Waals surface area (Å²) in [5, 5.41) is 3.30. The van der Waals surface area contributed by atoms with E-state index in [4.69, 9.17) is 14.9 Å². The van der Waals surface area contributed by atoms with Crippen LogP contribution in [0.4, 0.5) is 4.39 Å². The number of carbonyl (C=O) groups excluding carboxylic acids is 1. The smallest absolute Gasteiger partial charge is 0.284 e. The number of guanidine groups is 1. The fraction of sp³-hybridized carbons (Fsp3) is 0.429. The molecule has 1 aromatic carbocycles. The van der Waals surface area contributed by atoms with Gasteiger partial charge in [0.2, 0.25) is 0 Å². The van der Waals surface area contributed by atoms with Gasteiger partial charge in [-0.3, -0.25) is 9.69 Å². The number of piperazine rings is 1. The van der Waals surface area contributed by atoms with Crippen LogP contribution in [0, 0.1) is 5.82 Å². The van der Waals surface area contributed by atoms with Crippen LogP contribution >= 0.6 is 0 Å². The summed E-state index contributed by atoms with van der Waals surface area (Å²) in [7, 11) is 1.46. The van der Waals surface area contributed by atoms with Gasteiger partial charge in [0, 0.05) is 39.3 Å². The van der Waals surface area contributed by atoms with Gasteiger partial charge in [-0.15, -0.1) is 0 Å². The third-order valence-electron chi connectivity index (χ3n) is 4.92. The third-order valence-corrected chi connectivity index (χ3v) is 4.92. The van der Waals surface area contributed by atoms with Gasteiger partial charge in [-0.1, -0.05) is 6.07 Å². The molecule has 9 heteroatoms. The lowest BCUT2D eigenvalue weighted by atomic mass is 10.2. The maximum absolute atomic E-state index is 13.9. The quantitative estimate of drug-likeness (QED) is 0.527. The molecule has 1 amide bonds. The Bertz CT molecular complexity index is 891. The van der Waals surface area contributed by atoms with Crippen LogP contribution in [0.25, 0.3) is 0 Å². The number of nitrogens with two attached hydrogens (primary N) is 1. The fourth-order valence-corrected chi connectivity index (χ4v) is 3.36. The predicted octanol–water partition coefficient (Wildman–Crippen LogP) is 1.81. The van der Waals surface area contributed by atoms with Gasteiger partial charge in [0.1, 0.15) is 12.3 Å². The zero-order valence-electron chi connectivity index (χ0n) is 17.4. The van der Waals surface area contributed by atoms with Crippen molar-refractivity contribution in [3.05, 3.63) is 53.2 Å². The first kappa shape index (κ1) is 21.6. The number of rotatable bonds is 7. The van der Waals surface area contributed by atoms with E-state index in [0.717, 1.165) is 44.2 Å². The molecule has 0 spiro atoms. The largest absolute Gasteiger partial charge is 0.494 e. The Morgan fingerprint density at radius 2 is 2.03 bits per heavy atom. The molecule has 8 nitrogen and oxygen atoms in total. The standard InChI is InChI=1S/C21H28FN5O3/c1-3-24-21(25-13-16-5-7-19(30-16)20(23)28)27-10-8-26(9-11-27)14-15-4-6-18(29-2)17(22)12-15/h4-7,12H,3,8-11,13-14H2,1-2H3,(H2,23,28)(H,24,25). The number of furan rings is 1. The number of halogens is 1. The highest BCUT2D eigenvalue weighted by Crippen LogP contribution is 2.19. The Kier molecular flexibility index (Phi) is 7.29. The zero-order valence-corrected chi connectivity index (χ0v) is 17.4. The highest BCUT2D eigenvalue weighted by Gasteiger charge is 2.20. The lowest BCUT2D eigenvalue weighted by molar-refractivity contribution is 0.0972. The Labute approximate surface area is 175 Å². The number of benzene rings is 1. The maximum Gasteiger partial charge on any atom is 0.284 e. The molecular weight excluding hydrogens is 389 g/mol. The summed E-state index contributed by atoms with van der Waals surface area (Å²) >= 11 is 0. The molecule has 0 atom stereocenters. The van der Waals surface area contributed by atoms with Crippen molar-refractivity contribution in [1.29, 1.82) is 0 Å². The topological polar surface area (TPSA) is 96.3 Å². The van der Waals surface area contributed by atoms with Crippen molar-refractivity contribution in [3.63, 3.8) is 0 Å². The highest BCUT2D eigenvalue weighted by molar-refractivity contribution is 5.89. The molecule has 1 aliphatic heterocycles. The number of hydrogen-bond donors (Lipinski definition) is 2. The van der Waals surface area contributed by atoms with Crippen molar-refractivity contribution < 1.29 is 18.3 Å². The molecule has 30 heavy (non-hydrogen) atoms. The monoisotopic (exact) mass is 417 g/mol. The summed E-state index contributed by atoms with van der Waals surface area (Å²) in [4.78, 5) is 20.3. The number of hydrogen-bond acceptors (Lipinski definition) is 5. The number of methoxy groups -OCH3 is 1. The van der Waals surface area contributed by atoms with Gasteiger partial charge >= 0.3 is 0 Å². The Morgan fingerprint density at radius 1 is 1.27 bits per heavy atom. The zero-order chi connectivity index (χ0) is 21.5. The Hall–Kier alpha value is -3.07. The minimum atomic E-state index is -0.593. The van der Waals surface area contributed by atoms with Crippen molar-refractivity contribution >= 4 is 11.9 Å². The minimum absolute atomic E-state index is 0.133. The molecule has 0 unspecified atom stereocenters. The van der Waals surface area contributed by atoms with Gasteiger partial charge in [0.15, 0.2) is 23.3 Å². The van der Waals surface area contributed by atoms with Gasteiger partial charge in [0.25, 0.3) is 5.91 Å². The van der Waals surface area contributed by atoms with Gasteiger partial charge in [-0.2, -0.15) is 0 Å². The maximum atomic E-state index is 13.9. The summed E-state index contributed by atoms with van der Waals surface area (Å²) in [5.41, 5.74) is 6.14. The van der Waals surface area contributed by atoms with E-state index in [9.17, 15) is 9.18 Å². The van der Waals surface area contributed by atoms with Gasteiger partial charge in [-0.25, -0.2) is 9.38 Å². The molecular formula is C21H28FN5O3. The first-order chi connectivity index (χ1) is 14.5. The number of nitrogens with one attached hydrogen (secondary N) is 1. The van der Waals surface area contributed by atoms with Crippen molar-refractivity contribution in [2.45, 2.75) is 20.0 Å². The summed E-state index contributed by atoms with van der Waals surface area (Å²) in [6.45, 7) is 7.04. The van der Waals surface area contributed by atoms with E-state index in [2.05, 4.69) is 20.1 Å². The predicted molar refractivity (Wildman–Crippen MR) is 112 cm³/mol. The summed E-state index contributed by atoms with van der Waals surface area (Å²) in [6.07, 6.45) is 0. The second kappa shape index (κ2) is 10.1. The average molecular weight is 417 g/mol. The number of amides is 1. The molecule has 162 valence electrons. The van der Waals surface area contributed by atoms with Crippen LogP contribution in [-0.4, -0.2) is 61.5 Å². The average Bonchev–Trinajstić information content (AvgIpc) is 3.21. The summed E-state index contributed by atoms with van der Waals surface area (Å²) < 4.78 is 24.3. The lowest BCUT2D eigenvalue weighted by Gasteiger charge is -2.36. The Balaban J connectivity index is 1.56. The molecule has 0 radical (unpaired) electrons. The second-order valence-corrected chi connectivity index (χ2v) is 7.03. The van der Waals surface area contributed by atoms with E-state index in [-0.39, 0.29) is 17.3 Å². The molecule has 1 saturated heterocycles. The molecule has 2 aromatic rings. The molecule has 1 aromatic heterocycles. The molecule has 3 rings (SSSR count). The normalized spacial score (nSPS) is 15.3.